The van der Waals surface area contributed by atoms with Crippen molar-refractivity contribution < 1.29 is 4.74 Å². The van der Waals surface area contributed by atoms with E-state index in [1.165, 1.54) is 5.56 Å². The minimum Gasteiger partial charge on any atom is -0.463 e. The number of nitrogens with two attached hydrogens (primary N) is 1. The topological polar surface area (TPSA) is 105 Å². The molecule has 35 heavy (non-hydrogen) atoms. The van der Waals surface area contributed by atoms with Gasteiger partial charge in [0.25, 0.3) is 0 Å². The van der Waals surface area contributed by atoms with Crippen LogP contribution in [-0.4, -0.2) is 69.2 Å². The molecule has 1 saturated heterocycles. The van der Waals surface area contributed by atoms with Gasteiger partial charge in [-0.1, -0.05) is 43.7 Å². The molecular weight excluding hydrogens is 442 g/mol. The second-order valence-electron chi connectivity index (χ2n) is 9.69. The molecule has 9 nitrogen and oxygen atoms in total. The lowest BCUT2D eigenvalue weighted by atomic mass is 9.96. The van der Waals surface area contributed by atoms with Crippen LogP contribution in [0.3, 0.4) is 0 Å². The molecule has 0 unspecified atom stereocenters. The molecule has 0 saturated carbocycles. The average Bonchev–Trinajstić information content (AvgIpc) is 3.16. The number of nitrogens with zero attached hydrogens (tertiary/aromatic N) is 5. The van der Waals surface area contributed by atoms with Gasteiger partial charge in [0.05, 0.1) is 6.61 Å². The Morgan fingerprint density at radius 3 is 2.69 bits per heavy atom. The van der Waals surface area contributed by atoms with Gasteiger partial charge in [-0.05, 0) is 70.4 Å². The number of aromatic amines is 1. The molecule has 0 radical (unpaired) electrons. The van der Waals surface area contributed by atoms with E-state index in [0.717, 1.165) is 64.8 Å². The van der Waals surface area contributed by atoms with Gasteiger partial charge in [-0.2, -0.15) is 9.97 Å². The highest BCUT2D eigenvalue weighted by Crippen LogP contribution is 2.23. The van der Waals surface area contributed by atoms with Crippen LogP contribution in [0.5, 0.6) is 6.01 Å². The Bertz CT molecular complexity index is 1120. The Morgan fingerprint density at radius 1 is 1.17 bits per heavy atom. The smallest absolute Gasteiger partial charge is 0.327 e. The predicted octanol–water partition coefficient (Wildman–Crippen LogP) is 3.11. The van der Waals surface area contributed by atoms with E-state index in [1.54, 1.807) is 4.57 Å². The number of fused-ring (bicyclic) bond motifs is 1. The monoisotopic (exact) mass is 481 g/mol. The van der Waals surface area contributed by atoms with E-state index in [2.05, 4.69) is 69.1 Å². The molecule has 3 aromatic rings. The number of hydrogen-bond donors (Lipinski definition) is 2. The number of nitrogen functional groups attached to an aromatic ring is 1. The largest absolute Gasteiger partial charge is 0.463 e. The number of hydrogen-bond acceptors (Lipinski definition) is 7. The predicted molar refractivity (Wildman–Crippen MR) is 140 cm³/mol. The van der Waals surface area contributed by atoms with Crippen LogP contribution in [0.25, 0.3) is 11.2 Å². The van der Waals surface area contributed by atoms with Crippen LogP contribution < -0.4 is 16.2 Å². The number of nitrogens with one attached hydrogen (secondary N) is 1. The maximum atomic E-state index is 12.7. The fourth-order valence-electron chi connectivity index (χ4n) is 4.76. The fraction of sp³-hybridized carbons (Fsp3) is 0.577. The zero-order chi connectivity index (χ0) is 24.6. The summed E-state index contributed by atoms with van der Waals surface area (Å²) in [7, 11) is 2.19. The summed E-state index contributed by atoms with van der Waals surface area (Å²) < 4.78 is 7.36. The summed E-state index contributed by atoms with van der Waals surface area (Å²) in [5.41, 5.74) is 8.29. The van der Waals surface area contributed by atoms with Crippen molar-refractivity contribution in [2.24, 2.45) is 5.92 Å². The number of unbranched alkanes of at least 4 members (excludes halogenated alkanes) is 1. The first-order valence-corrected chi connectivity index (χ1v) is 12.9. The highest BCUT2D eigenvalue weighted by atomic mass is 16.5. The second-order valence-corrected chi connectivity index (χ2v) is 9.69. The van der Waals surface area contributed by atoms with Gasteiger partial charge in [-0.15, -0.1) is 0 Å². The van der Waals surface area contributed by atoms with E-state index < -0.39 is 0 Å². The molecule has 1 aliphatic heterocycles. The Morgan fingerprint density at radius 2 is 1.94 bits per heavy atom. The lowest BCUT2D eigenvalue weighted by Crippen LogP contribution is -2.37. The summed E-state index contributed by atoms with van der Waals surface area (Å²) in [6.07, 6.45) is 5.24. The summed E-state index contributed by atoms with van der Waals surface area (Å²) in [5.74, 6) is 0.689. The van der Waals surface area contributed by atoms with Crippen molar-refractivity contribution >= 4 is 17.0 Å². The first-order valence-electron chi connectivity index (χ1n) is 12.9. The number of piperidine rings is 1. The Kier molecular flexibility index (Phi) is 8.76. The van der Waals surface area contributed by atoms with Gasteiger partial charge >= 0.3 is 11.7 Å². The minimum atomic E-state index is -0.185. The number of H-pyrrole nitrogens is 1. The number of aromatic nitrogens is 4. The van der Waals surface area contributed by atoms with E-state index in [9.17, 15) is 4.79 Å². The SMILES string of the molecule is CCCCOc1nc(N)c2[nH]c(=O)n(CC3CCN(CCCN(C)Cc4ccccc4)CC3)c2n1. The molecule has 0 atom stereocenters. The standard InChI is InChI=1S/C26H39N7O2/c1-3-4-17-35-25-29-23(27)22-24(30-25)33(26(34)28-22)19-21-11-15-32(16-12-21)14-8-13-31(2)18-20-9-6-5-7-10-20/h5-7,9-10,21H,3-4,8,11-19H2,1-2H3,(H,28,34)(H2,27,29,30). The van der Waals surface area contributed by atoms with Crippen molar-refractivity contribution in [2.75, 3.05) is 45.6 Å². The zero-order valence-corrected chi connectivity index (χ0v) is 21.1. The fourth-order valence-corrected chi connectivity index (χ4v) is 4.76. The van der Waals surface area contributed by atoms with Crippen molar-refractivity contribution in [3.8, 4) is 6.01 Å². The molecule has 0 spiro atoms. The van der Waals surface area contributed by atoms with Gasteiger partial charge < -0.3 is 25.3 Å². The Labute approximate surface area is 207 Å². The summed E-state index contributed by atoms with van der Waals surface area (Å²) in [6.45, 7) is 8.58. The summed E-state index contributed by atoms with van der Waals surface area (Å²) >= 11 is 0. The third-order valence-electron chi connectivity index (χ3n) is 6.82. The van der Waals surface area contributed by atoms with Crippen LogP contribution in [0.4, 0.5) is 5.82 Å². The molecule has 9 heteroatoms. The molecule has 3 N–H and O–H groups in total. The van der Waals surface area contributed by atoms with E-state index in [-0.39, 0.29) is 17.5 Å². The third-order valence-corrected chi connectivity index (χ3v) is 6.82. The number of anilines is 1. The minimum absolute atomic E-state index is 0.185. The number of rotatable bonds is 12. The first kappa shape index (κ1) is 25.2. The normalized spacial score (nSPS) is 15.3. The summed E-state index contributed by atoms with van der Waals surface area (Å²) in [6, 6.07) is 10.9. The Balaban J connectivity index is 1.26. The lowest BCUT2D eigenvalue weighted by Gasteiger charge is -2.32. The molecule has 2 aromatic heterocycles. The van der Waals surface area contributed by atoms with Crippen molar-refractivity contribution in [3.05, 3.63) is 46.4 Å². The van der Waals surface area contributed by atoms with Gasteiger partial charge in [-0.25, -0.2) is 4.79 Å². The average molecular weight is 482 g/mol. The van der Waals surface area contributed by atoms with E-state index >= 15 is 0 Å². The second kappa shape index (κ2) is 12.2. The quantitative estimate of drug-likeness (QED) is 0.383. The lowest BCUT2D eigenvalue weighted by molar-refractivity contribution is 0.165. The first-order chi connectivity index (χ1) is 17.0. The number of likely N-dealkylation sites (tertiary alicyclic amines) is 1. The Hall–Kier alpha value is -2.91. The maximum absolute atomic E-state index is 12.7. The summed E-state index contributed by atoms with van der Waals surface area (Å²) in [4.78, 5) is 29.1. The molecule has 1 aromatic carbocycles. The maximum Gasteiger partial charge on any atom is 0.327 e. The van der Waals surface area contributed by atoms with Crippen LogP contribution in [0.2, 0.25) is 0 Å². The van der Waals surface area contributed by atoms with Gasteiger partial charge in [0.2, 0.25) is 0 Å². The van der Waals surface area contributed by atoms with Crippen LogP contribution in [0.1, 0.15) is 44.6 Å². The molecule has 0 bridgehead atoms. The van der Waals surface area contributed by atoms with Crippen molar-refractivity contribution in [3.63, 3.8) is 0 Å². The number of benzene rings is 1. The van der Waals surface area contributed by atoms with Gasteiger partial charge in [0.1, 0.15) is 5.52 Å². The summed E-state index contributed by atoms with van der Waals surface area (Å²) in [5, 5.41) is 0. The molecule has 4 rings (SSSR count). The van der Waals surface area contributed by atoms with Crippen LogP contribution in [0, 0.1) is 5.92 Å². The van der Waals surface area contributed by atoms with Crippen molar-refractivity contribution in [2.45, 2.75) is 52.1 Å². The van der Waals surface area contributed by atoms with E-state index in [0.29, 0.717) is 30.2 Å². The van der Waals surface area contributed by atoms with E-state index in [1.807, 2.05) is 0 Å². The third kappa shape index (κ3) is 6.82. The molecule has 0 aliphatic carbocycles. The van der Waals surface area contributed by atoms with Gasteiger partial charge in [-0.3, -0.25) is 4.57 Å². The van der Waals surface area contributed by atoms with Crippen LogP contribution in [0.15, 0.2) is 35.1 Å². The zero-order valence-electron chi connectivity index (χ0n) is 21.1. The van der Waals surface area contributed by atoms with Gasteiger partial charge in [0.15, 0.2) is 11.5 Å². The van der Waals surface area contributed by atoms with Crippen LogP contribution >= 0.6 is 0 Å². The highest BCUT2D eigenvalue weighted by molar-refractivity contribution is 5.81. The molecule has 1 fully saturated rings. The molecule has 3 heterocycles. The molecule has 190 valence electrons. The van der Waals surface area contributed by atoms with Crippen LogP contribution in [-0.2, 0) is 13.1 Å². The number of ether oxygens (including phenoxy) is 1. The van der Waals surface area contributed by atoms with Crippen molar-refractivity contribution in [1.82, 2.24) is 29.3 Å². The number of imidazole rings is 1. The highest BCUT2D eigenvalue weighted by Gasteiger charge is 2.22. The molecular formula is C26H39N7O2. The molecule has 0 amide bonds. The van der Waals surface area contributed by atoms with Gasteiger partial charge in [0, 0.05) is 13.1 Å². The van der Waals surface area contributed by atoms with Crippen molar-refractivity contribution in [1.29, 1.82) is 0 Å². The van der Waals surface area contributed by atoms with E-state index in [4.69, 9.17) is 10.5 Å². The molecule has 1 aliphatic rings.